The lowest BCUT2D eigenvalue weighted by Gasteiger charge is -2.01. The number of fused-ring (bicyclic) bond motifs is 3. The SMILES string of the molecule is O=c1[nH]c2cc(CBr)ccc2c2cc[nH]c12. The van der Waals surface area contributed by atoms with Crippen molar-refractivity contribution in [3.8, 4) is 0 Å². The van der Waals surface area contributed by atoms with E-state index in [1.54, 1.807) is 6.20 Å². The number of pyridine rings is 1. The highest BCUT2D eigenvalue weighted by molar-refractivity contribution is 9.08. The summed E-state index contributed by atoms with van der Waals surface area (Å²) >= 11 is 3.41. The maximum atomic E-state index is 11.8. The highest BCUT2D eigenvalue weighted by atomic mass is 79.9. The number of aromatic nitrogens is 2. The van der Waals surface area contributed by atoms with E-state index in [1.165, 1.54) is 0 Å². The predicted molar refractivity (Wildman–Crippen MR) is 69.1 cm³/mol. The van der Waals surface area contributed by atoms with Crippen molar-refractivity contribution in [3.63, 3.8) is 0 Å². The Kier molecular flexibility index (Phi) is 2.11. The molecule has 0 aliphatic carbocycles. The second kappa shape index (κ2) is 3.49. The Hall–Kier alpha value is -1.55. The van der Waals surface area contributed by atoms with Crippen LogP contribution in [-0.2, 0) is 5.33 Å². The number of aromatic amines is 2. The van der Waals surface area contributed by atoms with Crippen molar-refractivity contribution >= 4 is 37.7 Å². The Balaban J connectivity index is 2.53. The van der Waals surface area contributed by atoms with E-state index in [0.717, 1.165) is 27.2 Å². The van der Waals surface area contributed by atoms with Gasteiger partial charge in [0, 0.05) is 27.8 Å². The van der Waals surface area contributed by atoms with Crippen LogP contribution in [0, 0.1) is 0 Å². The molecule has 0 fully saturated rings. The van der Waals surface area contributed by atoms with Crippen LogP contribution in [0.3, 0.4) is 0 Å². The molecule has 0 unspecified atom stereocenters. The maximum Gasteiger partial charge on any atom is 0.272 e. The summed E-state index contributed by atoms with van der Waals surface area (Å²) in [6.07, 6.45) is 1.79. The van der Waals surface area contributed by atoms with Crippen molar-refractivity contribution in [2.45, 2.75) is 5.33 Å². The van der Waals surface area contributed by atoms with Crippen molar-refractivity contribution in [1.82, 2.24) is 9.97 Å². The fraction of sp³-hybridized carbons (Fsp3) is 0.0833. The zero-order valence-electron chi connectivity index (χ0n) is 8.38. The van der Waals surface area contributed by atoms with Crippen molar-refractivity contribution in [2.24, 2.45) is 0 Å². The number of hydrogen-bond acceptors (Lipinski definition) is 1. The van der Waals surface area contributed by atoms with E-state index in [0.29, 0.717) is 5.52 Å². The van der Waals surface area contributed by atoms with E-state index in [-0.39, 0.29) is 5.56 Å². The van der Waals surface area contributed by atoms with Crippen LogP contribution in [0.1, 0.15) is 5.56 Å². The van der Waals surface area contributed by atoms with Crippen LogP contribution >= 0.6 is 15.9 Å². The standard InChI is InChI=1S/C12H9BrN2O/c13-6-7-1-2-8-9-3-4-14-11(9)12(16)15-10(8)5-7/h1-5,14H,6H2,(H,15,16). The van der Waals surface area contributed by atoms with Crippen LogP contribution in [0.5, 0.6) is 0 Å². The predicted octanol–water partition coefficient (Wildman–Crippen LogP) is 2.90. The molecule has 0 aliphatic rings. The van der Waals surface area contributed by atoms with E-state index in [1.807, 2.05) is 18.2 Å². The van der Waals surface area contributed by atoms with Gasteiger partial charge in [0.25, 0.3) is 5.56 Å². The molecule has 2 aromatic heterocycles. The third-order valence-corrected chi connectivity index (χ3v) is 3.40. The number of nitrogens with one attached hydrogen (secondary N) is 2. The van der Waals surface area contributed by atoms with Crippen molar-refractivity contribution in [1.29, 1.82) is 0 Å². The molecule has 0 radical (unpaired) electrons. The van der Waals surface area contributed by atoms with Gasteiger partial charge in [-0.2, -0.15) is 0 Å². The third kappa shape index (κ3) is 1.30. The first-order valence-electron chi connectivity index (χ1n) is 4.97. The highest BCUT2D eigenvalue weighted by Crippen LogP contribution is 2.21. The molecule has 0 amide bonds. The van der Waals surface area contributed by atoms with Gasteiger partial charge in [0.1, 0.15) is 5.52 Å². The molecule has 1 aromatic carbocycles. The molecular weight excluding hydrogens is 268 g/mol. The lowest BCUT2D eigenvalue weighted by Crippen LogP contribution is -2.06. The summed E-state index contributed by atoms with van der Waals surface area (Å²) in [4.78, 5) is 17.6. The van der Waals surface area contributed by atoms with Crippen LogP contribution in [0.2, 0.25) is 0 Å². The smallest absolute Gasteiger partial charge is 0.272 e. The summed E-state index contributed by atoms with van der Waals surface area (Å²) in [7, 11) is 0. The highest BCUT2D eigenvalue weighted by Gasteiger charge is 2.05. The summed E-state index contributed by atoms with van der Waals surface area (Å²) in [5, 5.41) is 2.83. The number of alkyl halides is 1. The summed E-state index contributed by atoms with van der Waals surface area (Å²) in [6.45, 7) is 0. The van der Waals surface area contributed by atoms with Gasteiger partial charge in [-0.25, -0.2) is 0 Å². The number of hydrogen-bond donors (Lipinski definition) is 2. The molecule has 3 nitrogen and oxygen atoms in total. The van der Waals surface area contributed by atoms with Gasteiger partial charge in [-0.1, -0.05) is 28.1 Å². The molecule has 3 rings (SSSR count). The quantitative estimate of drug-likeness (QED) is 0.660. The molecule has 0 spiro atoms. The minimum absolute atomic E-state index is 0.0702. The Morgan fingerprint density at radius 1 is 1.19 bits per heavy atom. The molecule has 0 saturated carbocycles. The first kappa shape index (κ1) is 9.66. The average molecular weight is 277 g/mol. The summed E-state index contributed by atoms with van der Waals surface area (Å²) in [5.74, 6) is 0. The minimum Gasteiger partial charge on any atom is -0.357 e. The number of H-pyrrole nitrogens is 2. The van der Waals surface area contributed by atoms with Gasteiger partial charge in [0.05, 0.1) is 0 Å². The normalized spacial score (nSPS) is 11.3. The first-order chi connectivity index (χ1) is 7.79. The molecule has 0 saturated heterocycles. The van der Waals surface area contributed by atoms with Gasteiger partial charge in [-0.3, -0.25) is 4.79 Å². The maximum absolute atomic E-state index is 11.8. The fourth-order valence-corrected chi connectivity index (χ4v) is 2.33. The van der Waals surface area contributed by atoms with Crippen LogP contribution in [-0.4, -0.2) is 9.97 Å². The van der Waals surface area contributed by atoms with E-state index in [2.05, 4.69) is 32.0 Å². The Morgan fingerprint density at radius 3 is 2.88 bits per heavy atom. The second-order valence-corrected chi connectivity index (χ2v) is 4.29. The van der Waals surface area contributed by atoms with Crippen LogP contribution in [0.25, 0.3) is 21.8 Å². The van der Waals surface area contributed by atoms with Gasteiger partial charge in [-0.15, -0.1) is 0 Å². The molecule has 80 valence electrons. The molecule has 3 aromatic rings. The van der Waals surface area contributed by atoms with Gasteiger partial charge in [-0.05, 0) is 17.7 Å². The van der Waals surface area contributed by atoms with Gasteiger partial charge in [0.15, 0.2) is 0 Å². The number of rotatable bonds is 1. The van der Waals surface area contributed by atoms with Crippen molar-refractivity contribution in [3.05, 3.63) is 46.4 Å². The monoisotopic (exact) mass is 276 g/mol. The molecule has 4 heteroatoms. The average Bonchev–Trinajstić information content (AvgIpc) is 2.78. The first-order valence-corrected chi connectivity index (χ1v) is 6.10. The third-order valence-electron chi connectivity index (χ3n) is 2.75. The van der Waals surface area contributed by atoms with E-state index in [4.69, 9.17) is 0 Å². The van der Waals surface area contributed by atoms with Gasteiger partial charge >= 0.3 is 0 Å². The van der Waals surface area contributed by atoms with E-state index >= 15 is 0 Å². The van der Waals surface area contributed by atoms with E-state index < -0.39 is 0 Å². The lowest BCUT2D eigenvalue weighted by molar-refractivity contribution is 1.30. The molecule has 0 atom stereocenters. The van der Waals surface area contributed by atoms with Crippen molar-refractivity contribution < 1.29 is 0 Å². The Labute approximate surface area is 99.6 Å². The van der Waals surface area contributed by atoms with Crippen molar-refractivity contribution in [2.75, 3.05) is 0 Å². The van der Waals surface area contributed by atoms with Crippen LogP contribution in [0.4, 0.5) is 0 Å². The number of benzene rings is 1. The largest absolute Gasteiger partial charge is 0.357 e. The topological polar surface area (TPSA) is 48.6 Å². The van der Waals surface area contributed by atoms with Crippen LogP contribution < -0.4 is 5.56 Å². The zero-order chi connectivity index (χ0) is 11.1. The summed E-state index contributed by atoms with van der Waals surface area (Å²) < 4.78 is 0. The van der Waals surface area contributed by atoms with Gasteiger partial charge in [0.2, 0.25) is 0 Å². The molecule has 16 heavy (non-hydrogen) atoms. The fourth-order valence-electron chi connectivity index (χ4n) is 1.98. The second-order valence-electron chi connectivity index (χ2n) is 3.73. The molecule has 0 bridgehead atoms. The minimum atomic E-state index is -0.0702. The Morgan fingerprint density at radius 2 is 2.06 bits per heavy atom. The summed E-state index contributed by atoms with van der Waals surface area (Å²) in [6, 6.07) is 8.03. The molecule has 2 heterocycles. The zero-order valence-corrected chi connectivity index (χ0v) is 9.97. The molecular formula is C12H9BrN2O. The van der Waals surface area contributed by atoms with Gasteiger partial charge < -0.3 is 9.97 Å². The summed E-state index contributed by atoms with van der Waals surface area (Å²) in [5.41, 5.74) is 2.60. The molecule has 2 N–H and O–H groups in total. The number of halogens is 1. The van der Waals surface area contributed by atoms with E-state index in [9.17, 15) is 4.79 Å². The van der Waals surface area contributed by atoms with Crippen LogP contribution in [0.15, 0.2) is 35.3 Å². The molecule has 0 aliphatic heterocycles. The lowest BCUT2D eigenvalue weighted by atomic mass is 10.1. The Bertz CT molecular complexity index is 727.